The van der Waals surface area contributed by atoms with Crippen LogP contribution in [0.2, 0.25) is 0 Å². The first-order chi connectivity index (χ1) is 14.5. The van der Waals surface area contributed by atoms with Crippen molar-refractivity contribution in [2.45, 2.75) is 58.0 Å². The van der Waals surface area contributed by atoms with Gasteiger partial charge in [-0.25, -0.2) is 0 Å². The fraction of sp³-hybridized carbons (Fsp3) is 0.667. The van der Waals surface area contributed by atoms with Crippen LogP contribution in [0.5, 0.6) is 0 Å². The highest BCUT2D eigenvalue weighted by molar-refractivity contribution is 5.86. The molecule has 2 aliphatic rings. The van der Waals surface area contributed by atoms with Gasteiger partial charge in [0, 0.05) is 45.3 Å². The molecule has 166 valence electrons. The largest absolute Gasteiger partial charge is 0.354 e. The molecule has 0 saturated carbocycles. The Hall–Kier alpha value is -2.08. The molecule has 0 aromatic heterocycles. The quantitative estimate of drug-likeness (QED) is 0.556. The highest BCUT2D eigenvalue weighted by atomic mass is 16.2. The number of rotatable bonds is 6. The number of carbonyl (C=O) groups is 1. The van der Waals surface area contributed by atoms with Crippen molar-refractivity contribution < 1.29 is 4.79 Å². The van der Waals surface area contributed by atoms with Gasteiger partial charge in [-0.1, -0.05) is 30.3 Å². The van der Waals surface area contributed by atoms with E-state index in [2.05, 4.69) is 64.7 Å². The Morgan fingerprint density at radius 3 is 2.33 bits per heavy atom. The number of likely N-dealkylation sites (tertiary alicyclic amines) is 2. The minimum absolute atomic E-state index is 0.172. The molecule has 0 bridgehead atoms. The molecule has 2 heterocycles. The lowest BCUT2D eigenvalue weighted by Crippen LogP contribution is -2.52. The molecule has 2 saturated heterocycles. The van der Waals surface area contributed by atoms with Crippen LogP contribution in [-0.4, -0.2) is 73.5 Å². The smallest absolute Gasteiger partial charge is 0.241 e. The second-order valence-corrected chi connectivity index (χ2v) is 8.99. The minimum Gasteiger partial charge on any atom is -0.354 e. The number of carbonyl (C=O) groups excluding carboxylic acids is 1. The predicted octanol–water partition coefficient (Wildman–Crippen LogP) is 2.51. The maximum Gasteiger partial charge on any atom is 0.241 e. The Bertz CT molecular complexity index is 674. The molecule has 0 atom stereocenters. The Balaban J connectivity index is 1.35. The van der Waals surface area contributed by atoms with E-state index in [1.165, 1.54) is 5.56 Å². The van der Waals surface area contributed by atoms with Gasteiger partial charge in [0.15, 0.2) is 5.96 Å². The molecule has 0 aliphatic carbocycles. The van der Waals surface area contributed by atoms with Crippen molar-refractivity contribution in [3.05, 3.63) is 35.9 Å². The van der Waals surface area contributed by atoms with Gasteiger partial charge < -0.3 is 20.4 Å². The van der Waals surface area contributed by atoms with E-state index < -0.39 is 0 Å². The van der Waals surface area contributed by atoms with Gasteiger partial charge in [0.05, 0.1) is 6.54 Å². The first kappa shape index (κ1) is 22.6. The van der Waals surface area contributed by atoms with E-state index in [4.69, 9.17) is 0 Å². The third kappa shape index (κ3) is 6.73. The maximum atomic E-state index is 12.7. The molecular formula is C24H39N5O. The van der Waals surface area contributed by atoms with Crippen molar-refractivity contribution >= 4 is 11.9 Å². The molecule has 2 aliphatic heterocycles. The van der Waals surface area contributed by atoms with Gasteiger partial charge in [-0.2, -0.15) is 0 Å². The fourth-order valence-corrected chi connectivity index (χ4v) is 4.55. The summed E-state index contributed by atoms with van der Waals surface area (Å²) in [6, 6.07) is 11.7. The van der Waals surface area contributed by atoms with Crippen molar-refractivity contribution in [1.82, 2.24) is 20.4 Å². The minimum atomic E-state index is 0.172. The van der Waals surface area contributed by atoms with Crippen LogP contribution in [0.15, 0.2) is 35.3 Å². The Morgan fingerprint density at radius 2 is 1.73 bits per heavy atom. The zero-order valence-corrected chi connectivity index (χ0v) is 18.9. The summed E-state index contributed by atoms with van der Waals surface area (Å²) in [7, 11) is 1.78. The van der Waals surface area contributed by atoms with Crippen LogP contribution >= 0.6 is 0 Å². The van der Waals surface area contributed by atoms with Gasteiger partial charge in [0.1, 0.15) is 0 Å². The fourth-order valence-electron chi connectivity index (χ4n) is 4.55. The topological polar surface area (TPSA) is 60.0 Å². The molecule has 0 spiro atoms. The van der Waals surface area contributed by atoms with E-state index >= 15 is 0 Å². The Kier molecular flexibility index (Phi) is 8.55. The van der Waals surface area contributed by atoms with Crippen LogP contribution in [0, 0.1) is 5.92 Å². The zero-order valence-electron chi connectivity index (χ0n) is 18.9. The first-order valence-corrected chi connectivity index (χ1v) is 11.6. The lowest BCUT2D eigenvalue weighted by Gasteiger charge is -2.35. The van der Waals surface area contributed by atoms with Gasteiger partial charge in [-0.15, -0.1) is 0 Å². The lowest BCUT2D eigenvalue weighted by atomic mass is 9.90. The molecule has 6 nitrogen and oxygen atoms in total. The Morgan fingerprint density at radius 1 is 1.07 bits per heavy atom. The Labute approximate surface area is 182 Å². The van der Waals surface area contributed by atoms with Crippen LogP contribution in [0.1, 0.15) is 45.1 Å². The van der Waals surface area contributed by atoms with Crippen LogP contribution in [0.4, 0.5) is 0 Å². The molecule has 3 rings (SSSR count). The second-order valence-electron chi connectivity index (χ2n) is 8.99. The summed E-state index contributed by atoms with van der Waals surface area (Å²) in [5.41, 5.74) is 1.40. The van der Waals surface area contributed by atoms with E-state index in [9.17, 15) is 4.79 Å². The first-order valence-electron chi connectivity index (χ1n) is 11.6. The van der Waals surface area contributed by atoms with E-state index in [1.54, 1.807) is 7.05 Å². The van der Waals surface area contributed by atoms with Crippen LogP contribution in [0.3, 0.4) is 0 Å². The molecule has 30 heavy (non-hydrogen) atoms. The SMILES string of the molecule is CN=C(NCC(=O)N1CCC(Cc2ccccc2)CC1)NC1CCN(C(C)C)CC1. The van der Waals surface area contributed by atoms with Crippen LogP contribution < -0.4 is 10.6 Å². The number of hydrogen-bond donors (Lipinski definition) is 2. The number of hydrogen-bond acceptors (Lipinski definition) is 3. The zero-order chi connectivity index (χ0) is 21.3. The van der Waals surface area contributed by atoms with E-state index in [0.29, 0.717) is 24.5 Å². The monoisotopic (exact) mass is 413 g/mol. The summed E-state index contributed by atoms with van der Waals surface area (Å²) < 4.78 is 0. The lowest BCUT2D eigenvalue weighted by molar-refractivity contribution is -0.131. The molecule has 1 aromatic rings. The number of amides is 1. The third-order valence-corrected chi connectivity index (χ3v) is 6.57. The average molecular weight is 414 g/mol. The number of guanidine groups is 1. The number of nitrogens with one attached hydrogen (secondary N) is 2. The summed E-state index contributed by atoms with van der Waals surface area (Å²) in [6.45, 7) is 8.77. The second kappa shape index (κ2) is 11.3. The van der Waals surface area contributed by atoms with Crippen molar-refractivity contribution in [3.63, 3.8) is 0 Å². The predicted molar refractivity (Wildman–Crippen MR) is 124 cm³/mol. The van der Waals surface area contributed by atoms with Crippen molar-refractivity contribution in [2.75, 3.05) is 39.8 Å². The number of benzene rings is 1. The van der Waals surface area contributed by atoms with Crippen LogP contribution in [0.25, 0.3) is 0 Å². The molecule has 6 heteroatoms. The normalized spacial score (nSPS) is 19.9. The molecule has 1 amide bonds. The summed E-state index contributed by atoms with van der Waals surface area (Å²) in [5.74, 6) is 1.59. The van der Waals surface area contributed by atoms with Gasteiger partial charge in [0.25, 0.3) is 0 Å². The number of aliphatic imine (C=N–C) groups is 1. The molecule has 0 radical (unpaired) electrons. The van der Waals surface area contributed by atoms with Crippen LogP contribution in [-0.2, 0) is 11.2 Å². The summed E-state index contributed by atoms with van der Waals surface area (Å²) in [5, 5.41) is 6.73. The highest BCUT2D eigenvalue weighted by Crippen LogP contribution is 2.21. The van der Waals surface area contributed by atoms with Crippen molar-refractivity contribution in [3.8, 4) is 0 Å². The molecule has 2 fully saturated rings. The maximum absolute atomic E-state index is 12.7. The van der Waals surface area contributed by atoms with E-state index in [1.807, 2.05) is 4.90 Å². The van der Waals surface area contributed by atoms with Gasteiger partial charge in [-0.05, 0) is 57.4 Å². The molecule has 2 N–H and O–H groups in total. The average Bonchev–Trinajstić information content (AvgIpc) is 2.78. The number of nitrogens with zero attached hydrogens (tertiary/aromatic N) is 3. The molecule has 1 aromatic carbocycles. The van der Waals surface area contributed by atoms with Crippen molar-refractivity contribution in [2.24, 2.45) is 10.9 Å². The van der Waals surface area contributed by atoms with Gasteiger partial charge in [0.2, 0.25) is 5.91 Å². The standard InChI is InChI=1S/C24H39N5O/c1-19(2)28-15-11-22(12-16-28)27-24(25-3)26-18-23(30)29-13-9-21(10-14-29)17-20-7-5-4-6-8-20/h4-8,19,21-22H,9-18H2,1-3H3,(H2,25,26,27). The number of piperidine rings is 2. The van der Waals surface area contributed by atoms with Gasteiger partial charge >= 0.3 is 0 Å². The molecular weight excluding hydrogens is 374 g/mol. The van der Waals surface area contributed by atoms with Crippen molar-refractivity contribution in [1.29, 1.82) is 0 Å². The third-order valence-electron chi connectivity index (χ3n) is 6.57. The van der Waals surface area contributed by atoms with E-state index in [0.717, 1.165) is 64.2 Å². The summed E-state index contributed by atoms with van der Waals surface area (Å²) in [4.78, 5) is 21.5. The summed E-state index contributed by atoms with van der Waals surface area (Å²) in [6.07, 6.45) is 5.51. The van der Waals surface area contributed by atoms with Gasteiger partial charge in [-0.3, -0.25) is 9.79 Å². The molecule has 0 unspecified atom stereocenters. The highest BCUT2D eigenvalue weighted by Gasteiger charge is 2.24. The summed E-state index contributed by atoms with van der Waals surface area (Å²) >= 11 is 0. The van der Waals surface area contributed by atoms with E-state index in [-0.39, 0.29) is 5.91 Å².